The lowest BCUT2D eigenvalue weighted by molar-refractivity contribution is 0.257. The molecule has 1 saturated carbocycles. The van der Waals surface area contributed by atoms with Crippen molar-refractivity contribution in [3.8, 4) is 0 Å². The summed E-state index contributed by atoms with van der Waals surface area (Å²) in [5, 5.41) is 4.82. The minimum absolute atomic E-state index is 0.121. The Balaban J connectivity index is 2.10. The lowest BCUT2D eigenvalue weighted by atomic mass is 9.80. The third-order valence-corrected chi connectivity index (χ3v) is 3.55. The number of aryl methyl sites for hydroxylation is 1. The van der Waals surface area contributed by atoms with E-state index in [0.29, 0.717) is 5.02 Å². The Labute approximate surface area is 94.8 Å². The summed E-state index contributed by atoms with van der Waals surface area (Å²) < 4.78 is 1.80. The van der Waals surface area contributed by atoms with Gasteiger partial charge in [-0.15, -0.1) is 0 Å². The van der Waals surface area contributed by atoms with E-state index in [9.17, 15) is 0 Å². The maximum atomic E-state index is 6.08. The van der Waals surface area contributed by atoms with Gasteiger partial charge in [0.05, 0.1) is 23.0 Å². The number of hydrogen-bond donors (Lipinski definition) is 2. The maximum Gasteiger partial charge on any atom is 0.0834 e. The highest BCUT2D eigenvalue weighted by atomic mass is 35.5. The fourth-order valence-corrected chi connectivity index (χ4v) is 2.43. The van der Waals surface area contributed by atoms with Crippen molar-refractivity contribution in [2.45, 2.75) is 31.7 Å². The first-order valence-electron chi connectivity index (χ1n) is 5.36. The van der Waals surface area contributed by atoms with E-state index in [2.05, 4.69) is 10.5 Å². The molecular weight excluding hydrogens is 212 g/mol. The summed E-state index contributed by atoms with van der Waals surface area (Å²) in [6.45, 7) is 0. The van der Waals surface area contributed by atoms with Crippen molar-refractivity contribution in [3.05, 3.63) is 16.9 Å². The molecule has 5 heteroatoms. The van der Waals surface area contributed by atoms with Crippen LogP contribution in [0.15, 0.2) is 6.20 Å². The Bertz CT molecular complexity index is 313. The standard InChI is InChI=1S/C10H17ClN4/c1-15-10(8(11)6-13-15)9(14-12)5-7-3-2-4-7/h6-7,9,14H,2-5,12H2,1H3. The van der Waals surface area contributed by atoms with Crippen LogP contribution >= 0.6 is 11.6 Å². The van der Waals surface area contributed by atoms with E-state index in [1.54, 1.807) is 10.9 Å². The van der Waals surface area contributed by atoms with Gasteiger partial charge in [-0.05, 0) is 12.3 Å². The Morgan fingerprint density at radius 3 is 2.87 bits per heavy atom. The van der Waals surface area contributed by atoms with Crippen molar-refractivity contribution in [2.75, 3.05) is 0 Å². The van der Waals surface area contributed by atoms with Crippen LogP contribution in [0.5, 0.6) is 0 Å². The van der Waals surface area contributed by atoms with Crippen molar-refractivity contribution in [2.24, 2.45) is 18.8 Å². The van der Waals surface area contributed by atoms with Crippen LogP contribution in [0.1, 0.15) is 37.4 Å². The molecule has 84 valence electrons. The molecule has 3 N–H and O–H groups in total. The number of nitrogens with two attached hydrogens (primary N) is 1. The smallest absolute Gasteiger partial charge is 0.0834 e. The normalized spacial score (nSPS) is 18.9. The molecule has 15 heavy (non-hydrogen) atoms. The number of halogens is 1. The van der Waals surface area contributed by atoms with E-state index in [1.807, 2.05) is 7.05 Å². The van der Waals surface area contributed by atoms with Gasteiger partial charge in [0.1, 0.15) is 0 Å². The van der Waals surface area contributed by atoms with Crippen LogP contribution in [0.25, 0.3) is 0 Å². The van der Waals surface area contributed by atoms with Gasteiger partial charge in [0.2, 0.25) is 0 Å². The summed E-state index contributed by atoms with van der Waals surface area (Å²) >= 11 is 6.08. The molecule has 1 fully saturated rings. The molecule has 0 aromatic carbocycles. The minimum Gasteiger partial charge on any atom is -0.271 e. The minimum atomic E-state index is 0.121. The van der Waals surface area contributed by atoms with Gasteiger partial charge in [0.15, 0.2) is 0 Å². The molecule has 1 aromatic rings. The van der Waals surface area contributed by atoms with Crippen molar-refractivity contribution in [1.82, 2.24) is 15.2 Å². The molecule has 1 heterocycles. The molecule has 4 nitrogen and oxygen atoms in total. The quantitative estimate of drug-likeness (QED) is 0.610. The lowest BCUT2D eigenvalue weighted by Crippen LogP contribution is -2.32. The second-order valence-electron chi connectivity index (χ2n) is 4.25. The number of hydrogen-bond acceptors (Lipinski definition) is 3. The van der Waals surface area contributed by atoms with E-state index in [-0.39, 0.29) is 6.04 Å². The molecule has 1 aliphatic carbocycles. The molecular formula is C10H17ClN4. The van der Waals surface area contributed by atoms with Crippen LogP contribution in [0, 0.1) is 5.92 Å². The molecule has 0 aliphatic heterocycles. The summed E-state index contributed by atoms with van der Waals surface area (Å²) in [6.07, 6.45) is 6.69. The Morgan fingerprint density at radius 2 is 2.47 bits per heavy atom. The molecule has 0 bridgehead atoms. The second-order valence-corrected chi connectivity index (χ2v) is 4.66. The number of aromatic nitrogens is 2. The van der Waals surface area contributed by atoms with E-state index in [0.717, 1.165) is 18.0 Å². The van der Waals surface area contributed by atoms with Gasteiger partial charge in [-0.25, -0.2) is 0 Å². The molecule has 1 aromatic heterocycles. The highest BCUT2D eigenvalue weighted by molar-refractivity contribution is 6.31. The van der Waals surface area contributed by atoms with Gasteiger partial charge in [-0.3, -0.25) is 16.0 Å². The van der Waals surface area contributed by atoms with Crippen molar-refractivity contribution in [3.63, 3.8) is 0 Å². The van der Waals surface area contributed by atoms with Crippen LogP contribution in [-0.4, -0.2) is 9.78 Å². The molecule has 1 atom stereocenters. The molecule has 1 aliphatic rings. The van der Waals surface area contributed by atoms with Gasteiger partial charge < -0.3 is 0 Å². The Kier molecular flexibility index (Phi) is 3.29. The fourth-order valence-electron chi connectivity index (χ4n) is 2.13. The van der Waals surface area contributed by atoms with Gasteiger partial charge in [0, 0.05) is 7.05 Å². The van der Waals surface area contributed by atoms with E-state index in [1.165, 1.54) is 19.3 Å². The highest BCUT2D eigenvalue weighted by Gasteiger charge is 2.25. The van der Waals surface area contributed by atoms with Crippen LogP contribution in [-0.2, 0) is 7.05 Å². The fraction of sp³-hybridized carbons (Fsp3) is 0.700. The lowest BCUT2D eigenvalue weighted by Gasteiger charge is -2.29. The number of hydrazine groups is 1. The number of rotatable bonds is 4. The summed E-state index contributed by atoms with van der Waals surface area (Å²) in [5.74, 6) is 6.37. The molecule has 0 saturated heterocycles. The third kappa shape index (κ3) is 2.17. The predicted molar refractivity (Wildman–Crippen MR) is 60.2 cm³/mol. The van der Waals surface area contributed by atoms with Gasteiger partial charge in [-0.1, -0.05) is 30.9 Å². The zero-order valence-electron chi connectivity index (χ0n) is 8.91. The molecule has 0 radical (unpaired) electrons. The van der Waals surface area contributed by atoms with Crippen LogP contribution in [0.2, 0.25) is 5.02 Å². The zero-order valence-corrected chi connectivity index (χ0v) is 9.67. The third-order valence-electron chi connectivity index (χ3n) is 3.26. The molecule has 0 amide bonds. The van der Waals surface area contributed by atoms with Crippen molar-refractivity contribution in [1.29, 1.82) is 0 Å². The largest absolute Gasteiger partial charge is 0.271 e. The topological polar surface area (TPSA) is 55.9 Å². The summed E-state index contributed by atoms with van der Waals surface area (Å²) in [4.78, 5) is 0. The summed E-state index contributed by atoms with van der Waals surface area (Å²) in [6, 6.07) is 0.121. The summed E-state index contributed by atoms with van der Waals surface area (Å²) in [5.41, 5.74) is 3.83. The van der Waals surface area contributed by atoms with Gasteiger partial charge in [-0.2, -0.15) is 5.10 Å². The first-order chi connectivity index (χ1) is 7.22. The van der Waals surface area contributed by atoms with E-state index >= 15 is 0 Å². The average Bonchev–Trinajstić information content (AvgIpc) is 2.47. The first kappa shape index (κ1) is 10.9. The van der Waals surface area contributed by atoms with Crippen LogP contribution in [0.4, 0.5) is 0 Å². The van der Waals surface area contributed by atoms with E-state index in [4.69, 9.17) is 17.4 Å². The zero-order chi connectivity index (χ0) is 10.8. The number of nitrogens with zero attached hydrogens (tertiary/aromatic N) is 2. The monoisotopic (exact) mass is 228 g/mol. The predicted octanol–water partition coefficient (Wildman–Crippen LogP) is 1.77. The molecule has 2 rings (SSSR count). The number of nitrogens with one attached hydrogen (secondary N) is 1. The Hall–Kier alpha value is -0.580. The van der Waals surface area contributed by atoms with Crippen molar-refractivity contribution >= 4 is 11.6 Å². The van der Waals surface area contributed by atoms with Gasteiger partial charge >= 0.3 is 0 Å². The van der Waals surface area contributed by atoms with Crippen LogP contribution < -0.4 is 11.3 Å². The summed E-state index contributed by atoms with van der Waals surface area (Å²) in [7, 11) is 1.90. The highest BCUT2D eigenvalue weighted by Crippen LogP contribution is 2.35. The molecule has 1 unspecified atom stereocenters. The average molecular weight is 229 g/mol. The maximum absolute atomic E-state index is 6.08. The Morgan fingerprint density at radius 1 is 1.73 bits per heavy atom. The SMILES string of the molecule is Cn1ncc(Cl)c1C(CC1CCC1)NN. The van der Waals surface area contributed by atoms with Crippen LogP contribution in [0.3, 0.4) is 0 Å². The first-order valence-corrected chi connectivity index (χ1v) is 5.73. The van der Waals surface area contributed by atoms with Crippen molar-refractivity contribution < 1.29 is 0 Å². The second kappa shape index (κ2) is 4.51. The van der Waals surface area contributed by atoms with E-state index < -0.39 is 0 Å². The molecule has 0 spiro atoms. The van der Waals surface area contributed by atoms with Gasteiger partial charge in [0.25, 0.3) is 0 Å².